The first-order valence-corrected chi connectivity index (χ1v) is 7.47. The highest BCUT2D eigenvalue weighted by Crippen LogP contribution is 2.16. The summed E-state index contributed by atoms with van der Waals surface area (Å²) in [5.74, 6) is -0.197. The fourth-order valence-corrected chi connectivity index (χ4v) is 2.09. The molecule has 5 heteroatoms. The fraction of sp³-hybridized carbons (Fsp3) is 0.353. The molecule has 1 aromatic heterocycles. The van der Waals surface area contributed by atoms with Crippen LogP contribution in [0.4, 0.5) is 0 Å². The van der Waals surface area contributed by atoms with E-state index in [-0.39, 0.29) is 11.5 Å². The van der Waals surface area contributed by atoms with E-state index in [2.05, 4.69) is 10.4 Å². The summed E-state index contributed by atoms with van der Waals surface area (Å²) in [4.78, 5) is 24.0. The van der Waals surface area contributed by atoms with Crippen LogP contribution in [0.5, 0.6) is 0 Å². The molecule has 2 rings (SSSR count). The van der Waals surface area contributed by atoms with Gasteiger partial charge >= 0.3 is 0 Å². The largest absolute Gasteiger partial charge is 0.354 e. The summed E-state index contributed by atoms with van der Waals surface area (Å²) in [6.45, 7) is 6.26. The molecule has 1 heterocycles. The molecule has 1 unspecified atom stereocenters. The zero-order valence-corrected chi connectivity index (χ0v) is 13.2. The topological polar surface area (TPSA) is 64.0 Å². The lowest BCUT2D eigenvalue weighted by molar-refractivity contribution is -0.124. The smallest absolute Gasteiger partial charge is 0.267 e. The third-order valence-corrected chi connectivity index (χ3v) is 3.47. The van der Waals surface area contributed by atoms with Gasteiger partial charge in [0.2, 0.25) is 5.91 Å². The monoisotopic (exact) mass is 299 g/mol. The Kier molecular flexibility index (Phi) is 5.09. The molecule has 1 N–H and O–H groups in total. The SMILES string of the molecule is CCCNC(=O)C(C)n1nc(-c2ccc(C)cc2)ccc1=O. The fourth-order valence-electron chi connectivity index (χ4n) is 2.09. The first-order chi connectivity index (χ1) is 10.5. The van der Waals surface area contributed by atoms with Gasteiger partial charge in [-0.2, -0.15) is 5.10 Å². The van der Waals surface area contributed by atoms with Crippen LogP contribution in [0.25, 0.3) is 11.3 Å². The van der Waals surface area contributed by atoms with Crippen molar-refractivity contribution in [3.8, 4) is 11.3 Å². The molecule has 0 spiro atoms. The van der Waals surface area contributed by atoms with Crippen molar-refractivity contribution in [1.82, 2.24) is 15.1 Å². The van der Waals surface area contributed by atoms with Crippen molar-refractivity contribution < 1.29 is 4.79 Å². The molecule has 116 valence electrons. The van der Waals surface area contributed by atoms with E-state index in [0.717, 1.165) is 17.5 Å². The van der Waals surface area contributed by atoms with Crippen LogP contribution in [-0.2, 0) is 4.79 Å². The van der Waals surface area contributed by atoms with Gasteiger partial charge < -0.3 is 5.32 Å². The molecule has 0 saturated carbocycles. The maximum absolute atomic E-state index is 12.0. The highest BCUT2D eigenvalue weighted by atomic mass is 16.2. The van der Waals surface area contributed by atoms with E-state index >= 15 is 0 Å². The average Bonchev–Trinajstić information content (AvgIpc) is 2.53. The van der Waals surface area contributed by atoms with Gasteiger partial charge in [0, 0.05) is 18.2 Å². The predicted molar refractivity (Wildman–Crippen MR) is 86.7 cm³/mol. The number of aromatic nitrogens is 2. The van der Waals surface area contributed by atoms with Gasteiger partial charge in [0.1, 0.15) is 6.04 Å². The zero-order valence-electron chi connectivity index (χ0n) is 13.2. The van der Waals surface area contributed by atoms with Gasteiger partial charge in [-0.3, -0.25) is 9.59 Å². The average molecular weight is 299 g/mol. The number of amides is 1. The van der Waals surface area contributed by atoms with Gasteiger partial charge in [0.15, 0.2) is 0 Å². The minimum absolute atomic E-state index is 0.197. The molecule has 1 amide bonds. The number of carbonyl (C=O) groups is 1. The molecule has 0 radical (unpaired) electrons. The molecule has 5 nitrogen and oxygen atoms in total. The van der Waals surface area contributed by atoms with Crippen molar-refractivity contribution in [1.29, 1.82) is 0 Å². The molecule has 0 fully saturated rings. The van der Waals surface area contributed by atoms with E-state index in [1.807, 2.05) is 38.1 Å². The number of rotatable bonds is 5. The molecule has 2 aromatic rings. The molecule has 0 aliphatic heterocycles. The number of hydrogen-bond acceptors (Lipinski definition) is 3. The second-order valence-corrected chi connectivity index (χ2v) is 5.33. The Balaban J connectivity index is 2.32. The van der Waals surface area contributed by atoms with Gasteiger partial charge in [-0.05, 0) is 26.3 Å². The quantitative estimate of drug-likeness (QED) is 0.921. The van der Waals surface area contributed by atoms with Crippen molar-refractivity contribution in [3.05, 3.63) is 52.3 Å². The number of nitrogens with zero attached hydrogens (tertiary/aromatic N) is 2. The molecular formula is C17H21N3O2. The molecule has 0 aliphatic carbocycles. The van der Waals surface area contributed by atoms with Crippen LogP contribution in [0, 0.1) is 6.92 Å². The highest BCUT2D eigenvalue weighted by Gasteiger charge is 2.17. The van der Waals surface area contributed by atoms with Gasteiger partial charge in [-0.1, -0.05) is 36.8 Å². The van der Waals surface area contributed by atoms with E-state index in [1.165, 1.54) is 10.7 Å². The van der Waals surface area contributed by atoms with Crippen LogP contribution in [0.3, 0.4) is 0 Å². The van der Waals surface area contributed by atoms with Crippen LogP contribution in [0.1, 0.15) is 31.9 Å². The third kappa shape index (κ3) is 3.61. The second-order valence-electron chi connectivity index (χ2n) is 5.33. The Morgan fingerprint density at radius 3 is 2.55 bits per heavy atom. The second kappa shape index (κ2) is 7.02. The first kappa shape index (κ1) is 15.9. The van der Waals surface area contributed by atoms with Gasteiger partial charge in [-0.25, -0.2) is 4.68 Å². The maximum Gasteiger partial charge on any atom is 0.267 e. The summed E-state index contributed by atoms with van der Waals surface area (Å²) >= 11 is 0. The van der Waals surface area contributed by atoms with Gasteiger partial charge in [0.05, 0.1) is 5.69 Å². The first-order valence-electron chi connectivity index (χ1n) is 7.47. The molecule has 1 atom stereocenters. The lowest BCUT2D eigenvalue weighted by Crippen LogP contribution is -2.37. The standard InChI is InChI=1S/C17H21N3O2/c1-4-11-18-17(22)13(3)20-16(21)10-9-15(19-20)14-7-5-12(2)6-8-14/h5-10,13H,4,11H2,1-3H3,(H,18,22). The summed E-state index contributed by atoms with van der Waals surface area (Å²) in [5.41, 5.74) is 2.47. The number of carbonyl (C=O) groups excluding carboxylic acids is 1. The minimum Gasteiger partial charge on any atom is -0.354 e. The van der Waals surface area contributed by atoms with Crippen molar-refractivity contribution in [2.75, 3.05) is 6.54 Å². The van der Waals surface area contributed by atoms with E-state index in [4.69, 9.17) is 0 Å². The van der Waals surface area contributed by atoms with Gasteiger partial charge in [-0.15, -0.1) is 0 Å². The number of benzene rings is 1. The van der Waals surface area contributed by atoms with E-state index in [0.29, 0.717) is 12.2 Å². The summed E-state index contributed by atoms with van der Waals surface area (Å²) in [5, 5.41) is 7.13. The van der Waals surface area contributed by atoms with Crippen LogP contribution in [-0.4, -0.2) is 22.2 Å². The molecular weight excluding hydrogens is 278 g/mol. The molecule has 0 aliphatic rings. The highest BCUT2D eigenvalue weighted by molar-refractivity contribution is 5.79. The van der Waals surface area contributed by atoms with Crippen molar-refractivity contribution in [3.63, 3.8) is 0 Å². The van der Waals surface area contributed by atoms with E-state index < -0.39 is 6.04 Å². The molecule has 0 saturated heterocycles. The van der Waals surface area contributed by atoms with Crippen LogP contribution < -0.4 is 10.9 Å². The maximum atomic E-state index is 12.0. The molecule has 1 aromatic carbocycles. The Morgan fingerprint density at radius 2 is 1.91 bits per heavy atom. The van der Waals surface area contributed by atoms with Crippen LogP contribution in [0.15, 0.2) is 41.2 Å². The third-order valence-electron chi connectivity index (χ3n) is 3.47. The normalized spacial score (nSPS) is 12.0. The number of hydrogen-bond donors (Lipinski definition) is 1. The van der Waals surface area contributed by atoms with E-state index in [9.17, 15) is 9.59 Å². The molecule has 0 bridgehead atoms. The summed E-state index contributed by atoms with van der Waals surface area (Å²) in [6, 6.07) is 10.4. The zero-order chi connectivity index (χ0) is 16.1. The van der Waals surface area contributed by atoms with Crippen molar-refractivity contribution in [2.24, 2.45) is 0 Å². The van der Waals surface area contributed by atoms with Crippen LogP contribution in [0.2, 0.25) is 0 Å². The number of nitrogens with one attached hydrogen (secondary N) is 1. The van der Waals surface area contributed by atoms with E-state index in [1.54, 1.807) is 13.0 Å². The Morgan fingerprint density at radius 1 is 1.23 bits per heavy atom. The summed E-state index contributed by atoms with van der Waals surface area (Å²) in [7, 11) is 0. The Bertz CT molecular complexity index is 705. The number of aryl methyl sites for hydroxylation is 1. The molecule has 22 heavy (non-hydrogen) atoms. The van der Waals surface area contributed by atoms with Crippen LogP contribution >= 0.6 is 0 Å². The van der Waals surface area contributed by atoms with Gasteiger partial charge in [0.25, 0.3) is 5.56 Å². The van der Waals surface area contributed by atoms with Crippen molar-refractivity contribution >= 4 is 5.91 Å². The lowest BCUT2D eigenvalue weighted by atomic mass is 10.1. The Hall–Kier alpha value is -2.43. The summed E-state index contributed by atoms with van der Waals surface area (Å²) < 4.78 is 1.24. The Labute approximate surface area is 130 Å². The minimum atomic E-state index is -0.635. The summed E-state index contributed by atoms with van der Waals surface area (Å²) in [6.07, 6.45) is 0.851. The lowest BCUT2D eigenvalue weighted by Gasteiger charge is -2.14. The van der Waals surface area contributed by atoms with Crippen molar-refractivity contribution in [2.45, 2.75) is 33.2 Å². The predicted octanol–water partition coefficient (Wildman–Crippen LogP) is 2.31.